The molecule has 8 nitrogen and oxygen atoms in total. The molecular formula is C13H26N4O4S. The number of urea groups is 1. The van der Waals surface area contributed by atoms with Gasteiger partial charge in [0.2, 0.25) is 5.91 Å². The van der Waals surface area contributed by atoms with Crippen molar-refractivity contribution in [1.29, 1.82) is 0 Å². The van der Waals surface area contributed by atoms with Crippen molar-refractivity contribution in [3.63, 3.8) is 0 Å². The van der Waals surface area contributed by atoms with E-state index in [1.165, 1.54) is 4.31 Å². The number of nitrogens with two attached hydrogens (primary N) is 1. The molecule has 128 valence electrons. The van der Waals surface area contributed by atoms with Gasteiger partial charge < -0.3 is 11.1 Å². The zero-order valence-corrected chi connectivity index (χ0v) is 13.7. The largest absolute Gasteiger partial charge is 0.352 e. The summed E-state index contributed by atoms with van der Waals surface area (Å²) in [6.45, 7) is 1.30. The molecule has 0 aromatic rings. The van der Waals surface area contributed by atoms with Crippen LogP contribution in [0.4, 0.5) is 4.79 Å². The van der Waals surface area contributed by atoms with Crippen LogP contribution in [-0.2, 0) is 15.0 Å². The van der Waals surface area contributed by atoms with Crippen LogP contribution >= 0.6 is 0 Å². The van der Waals surface area contributed by atoms with E-state index >= 15 is 0 Å². The lowest BCUT2D eigenvalue weighted by atomic mass is 10.1. The smallest absolute Gasteiger partial charge is 0.312 e. The van der Waals surface area contributed by atoms with E-state index in [0.717, 1.165) is 32.1 Å². The second-order valence-electron chi connectivity index (χ2n) is 5.45. The van der Waals surface area contributed by atoms with Gasteiger partial charge in [-0.3, -0.25) is 4.79 Å². The fraction of sp³-hybridized carbons (Fsp3) is 0.846. The summed E-state index contributed by atoms with van der Waals surface area (Å²) < 4.78 is 27.8. The van der Waals surface area contributed by atoms with Crippen molar-refractivity contribution in [3.05, 3.63) is 0 Å². The van der Waals surface area contributed by atoms with E-state index in [0.29, 0.717) is 32.5 Å². The van der Waals surface area contributed by atoms with Gasteiger partial charge in [0.1, 0.15) is 0 Å². The molecule has 0 unspecified atom stereocenters. The van der Waals surface area contributed by atoms with E-state index in [9.17, 15) is 18.0 Å². The van der Waals surface area contributed by atoms with Crippen molar-refractivity contribution < 1.29 is 18.0 Å². The molecule has 1 heterocycles. The summed E-state index contributed by atoms with van der Waals surface area (Å²) in [5, 5.41) is 2.41. The Hall–Kier alpha value is -1.35. The number of carbonyl (C=O) groups excluding carboxylic acids is 2. The SMILES string of the molecule is NC(=O)NCCCCC(=O)NS(=O)(=O)N1CCCCCCC1. The van der Waals surface area contributed by atoms with Crippen molar-refractivity contribution in [2.24, 2.45) is 5.73 Å². The highest BCUT2D eigenvalue weighted by molar-refractivity contribution is 7.87. The predicted octanol–water partition coefficient (Wildman–Crippen LogP) is 0.452. The zero-order valence-electron chi connectivity index (χ0n) is 12.8. The molecule has 1 rings (SSSR count). The lowest BCUT2D eigenvalue weighted by Gasteiger charge is -2.24. The fourth-order valence-electron chi connectivity index (χ4n) is 2.34. The number of nitrogens with one attached hydrogen (secondary N) is 2. The first-order chi connectivity index (χ1) is 10.4. The first kappa shape index (κ1) is 18.7. The number of hydrogen-bond donors (Lipinski definition) is 3. The highest BCUT2D eigenvalue weighted by atomic mass is 32.2. The number of amides is 3. The third-order valence-corrected chi connectivity index (χ3v) is 5.06. The Balaban J connectivity index is 2.32. The number of hydrogen-bond acceptors (Lipinski definition) is 4. The average molecular weight is 334 g/mol. The minimum absolute atomic E-state index is 0.105. The van der Waals surface area contributed by atoms with Crippen LogP contribution in [0.1, 0.15) is 51.4 Å². The predicted molar refractivity (Wildman–Crippen MR) is 83.2 cm³/mol. The third-order valence-electron chi connectivity index (χ3n) is 3.53. The molecule has 0 spiro atoms. The lowest BCUT2D eigenvalue weighted by molar-refractivity contribution is -0.119. The minimum Gasteiger partial charge on any atom is -0.352 e. The van der Waals surface area contributed by atoms with E-state index in [1.54, 1.807) is 0 Å². The number of nitrogens with zero attached hydrogens (tertiary/aromatic N) is 1. The van der Waals surface area contributed by atoms with Crippen LogP contribution in [0, 0.1) is 0 Å². The number of primary amides is 1. The molecule has 9 heteroatoms. The van der Waals surface area contributed by atoms with Crippen LogP contribution in [0.5, 0.6) is 0 Å². The summed E-state index contributed by atoms with van der Waals surface area (Å²) in [5.74, 6) is -0.513. The molecule has 0 bridgehead atoms. The van der Waals surface area contributed by atoms with Gasteiger partial charge in [0.15, 0.2) is 0 Å². The lowest BCUT2D eigenvalue weighted by Crippen LogP contribution is -2.44. The molecule has 1 saturated heterocycles. The van der Waals surface area contributed by atoms with E-state index in [4.69, 9.17) is 5.73 Å². The van der Waals surface area contributed by atoms with Gasteiger partial charge in [-0.25, -0.2) is 9.52 Å². The van der Waals surface area contributed by atoms with Crippen LogP contribution in [-0.4, -0.2) is 44.3 Å². The Morgan fingerprint density at radius 3 is 2.18 bits per heavy atom. The highest BCUT2D eigenvalue weighted by Gasteiger charge is 2.23. The van der Waals surface area contributed by atoms with Crippen molar-refractivity contribution in [2.45, 2.75) is 51.4 Å². The third kappa shape index (κ3) is 7.60. The Labute approximate surface area is 132 Å². The monoisotopic (exact) mass is 334 g/mol. The van der Waals surface area contributed by atoms with Crippen molar-refractivity contribution in [1.82, 2.24) is 14.3 Å². The van der Waals surface area contributed by atoms with Gasteiger partial charge in [-0.15, -0.1) is 0 Å². The Morgan fingerprint density at radius 2 is 1.59 bits per heavy atom. The van der Waals surface area contributed by atoms with Crippen LogP contribution in [0.15, 0.2) is 0 Å². The molecule has 0 saturated carbocycles. The summed E-state index contributed by atoms with van der Waals surface area (Å²) in [6, 6.07) is -0.607. The topological polar surface area (TPSA) is 122 Å². The molecule has 1 fully saturated rings. The van der Waals surface area contributed by atoms with Crippen LogP contribution in [0.25, 0.3) is 0 Å². The van der Waals surface area contributed by atoms with Crippen LogP contribution in [0.2, 0.25) is 0 Å². The van der Waals surface area contributed by atoms with Crippen molar-refractivity contribution in [2.75, 3.05) is 19.6 Å². The van der Waals surface area contributed by atoms with E-state index in [-0.39, 0.29) is 6.42 Å². The number of carbonyl (C=O) groups is 2. The summed E-state index contributed by atoms with van der Waals surface area (Å²) in [6.07, 6.45) is 6.00. The van der Waals surface area contributed by atoms with E-state index in [2.05, 4.69) is 10.0 Å². The zero-order chi connectivity index (χ0) is 16.4. The summed E-state index contributed by atoms with van der Waals surface area (Å²) in [7, 11) is -3.73. The van der Waals surface area contributed by atoms with Gasteiger partial charge in [0.25, 0.3) is 0 Å². The van der Waals surface area contributed by atoms with Crippen molar-refractivity contribution in [3.8, 4) is 0 Å². The molecule has 0 aromatic carbocycles. The molecule has 1 aliphatic heterocycles. The Bertz CT molecular complexity index is 459. The van der Waals surface area contributed by atoms with Gasteiger partial charge >= 0.3 is 16.2 Å². The maximum Gasteiger partial charge on any atom is 0.312 e. The summed E-state index contributed by atoms with van der Waals surface area (Å²) >= 11 is 0. The fourth-order valence-corrected chi connectivity index (χ4v) is 3.60. The van der Waals surface area contributed by atoms with Crippen LogP contribution in [0.3, 0.4) is 0 Å². The van der Waals surface area contributed by atoms with Gasteiger partial charge in [-0.1, -0.05) is 19.3 Å². The van der Waals surface area contributed by atoms with Gasteiger partial charge in [-0.2, -0.15) is 12.7 Å². The first-order valence-electron chi connectivity index (χ1n) is 7.76. The molecule has 0 atom stereocenters. The van der Waals surface area contributed by atoms with Gasteiger partial charge in [-0.05, 0) is 25.7 Å². The normalized spacial score (nSPS) is 17.3. The van der Waals surface area contributed by atoms with Crippen molar-refractivity contribution >= 4 is 22.1 Å². The molecule has 1 aliphatic rings. The maximum atomic E-state index is 12.2. The van der Waals surface area contributed by atoms with E-state index in [1.807, 2.05) is 0 Å². The molecule has 4 N–H and O–H groups in total. The van der Waals surface area contributed by atoms with Gasteiger partial charge in [0, 0.05) is 26.1 Å². The number of rotatable bonds is 7. The molecule has 22 heavy (non-hydrogen) atoms. The molecule has 0 radical (unpaired) electrons. The highest BCUT2D eigenvalue weighted by Crippen LogP contribution is 2.12. The minimum atomic E-state index is -3.73. The summed E-state index contributed by atoms with van der Waals surface area (Å²) in [5.41, 5.74) is 4.91. The molecule has 0 aliphatic carbocycles. The standard InChI is InChI=1S/C13H26N4O4S/c14-13(19)15-9-5-4-8-12(18)16-22(20,21)17-10-6-2-1-3-7-11-17/h1-11H2,(H,16,18)(H3,14,15,19). The molecule has 3 amide bonds. The average Bonchev–Trinajstić information content (AvgIpc) is 2.36. The molecule has 0 aromatic heterocycles. The number of unbranched alkanes of at least 4 members (excludes halogenated alkanes) is 1. The summed E-state index contributed by atoms with van der Waals surface area (Å²) in [4.78, 5) is 22.2. The second kappa shape index (κ2) is 9.62. The van der Waals surface area contributed by atoms with Crippen LogP contribution < -0.4 is 15.8 Å². The Kier molecular flexibility index (Phi) is 8.18. The quantitative estimate of drug-likeness (QED) is 0.585. The van der Waals surface area contributed by atoms with Gasteiger partial charge in [0.05, 0.1) is 0 Å². The first-order valence-corrected chi connectivity index (χ1v) is 9.20. The van der Waals surface area contributed by atoms with E-state index < -0.39 is 22.1 Å². The molecular weight excluding hydrogens is 308 g/mol. The second-order valence-corrected chi connectivity index (χ2v) is 7.12. The maximum absolute atomic E-state index is 12.2. The Morgan fingerprint density at radius 1 is 1.00 bits per heavy atom.